The highest BCUT2D eigenvalue weighted by molar-refractivity contribution is 5.98. The summed E-state index contributed by atoms with van der Waals surface area (Å²) in [6.07, 6.45) is 0. The molecule has 0 amide bonds. The number of hydrogen-bond acceptors (Lipinski definition) is 2. The van der Waals surface area contributed by atoms with E-state index in [1.165, 1.54) is 0 Å². The molecule has 0 bridgehead atoms. The van der Waals surface area contributed by atoms with E-state index in [1.807, 2.05) is 44.2 Å². The van der Waals surface area contributed by atoms with Gasteiger partial charge in [0, 0.05) is 4.91 Å². The van der Waals surface area contributed by atoms with E-state index in [2.05, 4.69) is 30.8 Å². The van der Waals surface area contributed by atoms with Crippen molar-refractivity contribution < 1.29 is 4.43 Å². The second-order valence-corrected chi connectivity index (χ2v) is 6.66. The van der Waals surface area contributed by atoms with Gasteiger partial charge < -0.3 is 4.43 Å². The first-order valence-corrected chi connectivity index (χ1v) is 7.21. The highest BCUT2D eigenvalue weighted by Gasteiger charge is 2.54. The second kappa shape index (κ2) is 5.37. The third kappa shape index (κ3) is 2.54. The van der Waals surface area contributed by atoms with Gasteiger partial charge in [0.1, 0.15) is 10.5 Å². The summed E-state index contributed by atoms with van der Waals surface area (Å²) in [5.41, 5.74) is 8.42. The summed E-state index contributed by atoms with van der Waals surface area (Å²) in [4.78, 5) is 3.02. The predicted octanol–water partition coefficient (Wildman–Crippen LogP) is 3.31. The molecule has 1 aromatic rings. The van der Waals surface area contributed by atoms with Gasteiger partial charge in [0.15, 0.2) is 0 Å². The van der Waals surface area contributed by atoms with Gasteiger partial charge in [-0.2, -0.15) is 0 Å². The standard InChI is InChI=1S/C14H23N3OSi/c1-12(2,3)14(18-19,13(4,5)16-17-15)11-9-7-6-8-10-11/h6-10H,1-5,19H3/t14-/m1/s1. The molecule has 0 saturated heterocycles. The third-order valence-corrected chi connectivity index (χ3v) is 4.31. The monoisotopic (exact) mass is 277 g/mol. The number of hydrogen-bond donors (Lipinski definition) is 0. The fourth-order valence-electron chi connectivity index (χ4n) is 3.23. The van der Waals surface area contributed by atoms with E-state index in [-0.39, 0.29) is 5.41 Å². The first-order valence-electron chi connectivity index (χ1n) is 6.40. The molecule has 19 heavy (non-hydrogen) atoms. The van der Waals surface area contributed by atoms with E-state index >= 15 is 0 Å². The molecule has 0 spiro atoms. The van der Waals surface area contributed by atoms with Crippen molar-refractivity contribution in [2.45, 2.75) is 45.8 Å². The molecule has 5 heteroatoms. The van der Waals surface area contributed by atoms with Gasteiger partial charge in [-0.3, -0.25) is 0 Å². The molecule has 0 unspecified atom stereocenters. The maximum absolute atomic E-state index is 8.89. The third-order valence-electron chi connectivity index (χ3n) is 3.70. The van der Waals surface area contributed by atoms with Gasteiger partial charge in [0.25, 0.3) is 0 Å². The van der Waals surface area contributed by atoms with Crippen LogP contribution in [0, 0.1) is 5.41 Å². The SMILES string of the molecule is CC(C)(C)[C@](O[SiH3])(c1ccccc1)C(C)(C)N=[N+]=[N-]. The number of nitrogens with zero attached hydrogens (tertiary/aromatic N) is 3. The zero-order valence-corrected chi connectivity index (χ0v) is 14.6. The van der Waals surface area contributed by atoms with Crippen molar-refractivity contribution in [3.05, 3.63) is 46.3 Å². The molecule has 1 atom stereocenters. The van der Waals surface area contributed by atoms with Crippen molar-refractivity contribution in [1.29, 1.82) is 0 Å². The normalized spacial score (nSPS) is 15.6. The maximum Gasteiger partial charge on any atom is 0.147 e. The van der Waals surface area contributed by atoms with E-state index in [4.69, 9.17) is 9.96 Å². The Bertz CT molecular complexity index is 475. The van der Waals surface area contributed by atoms with Crippen molar-refractivity contribution in [3.8, 4) is 0 Å². The number of rotatable bonds is 4. The highest BCUT2D eigenvalue weighted by atomic mass is 28.2. The lowest BCUT2D eigenvalue weighted by Gasteiger charge is -2.52. The van der Waals surface area contributed by atoms with Gasteiger partial charge in [0.05, 0.1) is 11.1 Å². The van der Waals surface area contributed by atoms with Crippen molar-refractivity contribution in [3.63, 3.8) is 0 Å². The Kier molecular flexibility index (Phi) is 4.45. The van der Waals surface area contributed by atoms with Crippen LogP contribution in [-0.4, -0.2) is 16.0 Å². The lowest BCUT2D eigenvalue weighted by atomic mass is 9.63. The summed E-state index contributed by atoms with van der Waals surface area (Å²) in [5, 5.41) is 4.02. The van der Waals surface area contributed by atoms with Gasteiger partial charge in [-0.05, 0) is 16.5 Å². The minimum Gasteiger partial charge on any atom is -0.417 e. The minimum atomic E-state index is -0.677. The molecule has 0 saturated carbocycles. The average molecular weight is 277 g/mol. The molecule has 1 aromatic carbocycles. The first-order chi connectivity index (χ1) is 8.73. The highest BCUT2D eigenvalue weighted by Crippen LogP contribution is 2.51. The molecule has 104 valence electrons. The maximum atomic E-state index is 8.89. The quantitative estimate of drug-likeness (QED) is 0.360. The average Bonchev–Trinajstić information content (AvgIpc) is 2.29. The summed E-state index contributed by atoms with van der Waals surface area (Å²) in [5.74, 6) is 0. The van der Waals surface area contributed by atoms with E-state index in [0.717, 1.165) is 5.56 Å². The van der Waals surface area contributed by atoms with Crippen LogP contribution in [0.5, 0.6) is 0 Å². The lowest BCUT2D eigenvalue weighted by Crippen LogP contribution is -2.56. The zero-order chi connectivity index (χ0) is 14.7. The fraction of sp³-hybridized carbons (Fsp3) is 0.571. The number of benzene rings is 1. The molecular formula is C14H23N3OSi. The Hall–Kier alpha value is -1.29. The van der Waals surface area contributed by atoms with Crippen LogP contribution in [-0.2, 0) is 10.0 Å². The van der Waals surface area contributed by atoms with Crippen LogP contribution in [0.2, 0.25) is 0 Å². The van der Waals surface area contributed by atoms with E-state index in [9.17, 15) is 0 Å². The lowest BCUT2D eigenvalue weighted by molar-refractivity contribution is -0.0860. The van der Waals surface area contributed by atoms with Gasteiger partial charge in [0.2, 0.25) is 0 Å². The van der Waals surface area contributed by atoms with Crippen LogP contribution in [0.25, 0.3) is 10.4 Å². The van der Waals surface area contributed by atoms with Crippen LogP contribution >= 0.6 is 0 Å². The summed E-state index contributed by atoms with van der Waals surface area (Å²) in [6.45, 7) is 10.2. The predicted molar refractivity (Wildman–Crippen MR) is 81.8 cm³/mol. The summed E-state index contributed by atoms with van der Waals surface area (Å²) in [6, 6.07) is 10.0. The van der Waals surface area contributed by atoms with Crippen molar-refractivity contribution in [1.82, 2.24) is 0 Å². The van der Waals surface area contributed by atoms with Crippen molar-refractivity contribution >= 4 is 10.5 Å². The van der Waals surface area contributed by atoms with Gasteiger partial charge in [-0.15, -0.1) is 0 Å². The Morgan fingerprint density at radius 1 is 1.11 bits per heavy atom. The fourth-order valence-corrected chi connectivity index (χ4v) is 4.58. The molecule has 0 aliphatic heterocycles. The molecule has 0 heterocycles. The Morgan fingerprint density at radius 3 is 2.00 bits per heavy atom. The van der Waals surface area contributed by atoms with Gasteiger partial charge >= 0.3 is 0 Å². The van der Waals surface area contributed by atoms with Gasteiger partial charge in [-0.25, -0.2) is 0 Å². The summed E-state index contributed by atoms with van der Waals surface area (Å²) >= 11 is 0. The summed E-state index contributed by atoms with van der Waals surface area (Å²) in [7, 11) is 0.566. The molecule has 4 nitrogen and oxygen atoms in total. The molecule has 0 fully saturated rings. The molecule has 0 N–H and O–H groups in total. The van der Waals surface area contributed by atoms with Crippen LogP contribution < -0.4 is 0 Å². The largest absolute Gasteiger partial charge is 0.417 e. The van der Waals surface area contributed by atoms with Crippen LogP contribution in [0.3, 0.4) is 0 Å². The van der Waals surface area contributed by atoms with Gasteiger partial charge in [-0.1, -0.05) is 70.1 Å². The molecule has 0 aromatic heterocycles. The van der Waals surface area contributed by atoms with E-state index in [0.29, 0.717) is 10.5 Å². The summed E-state index contributed by atoms with van der Waals surface area (Å²) < 4.78 is 6.08. The zero-order valence-electron chi connectivity index (χ0n) is 12.6. The molecule has 0 aliphatic carbocycles. The molecule has 0 radical (unpaired) electrons. The Labute approximate surface area is 118 Å². The molecular weight excluding hydrogens is 254 g/mol. The molecule has 0 aliphatic rings. The van der Waals surface area contributed by atoms with Crippen LogP contribution in [0.4, 0.5) is 0 Å². The first kappa shape index (κ1) is 15.8. The minimum absolute atomic E-state index is 0.201. The van der Waals surface area contributed by atoms with Crippen LogP contribution in [0.1, 0.15) is 40.2 Å². The smallest absolute Gasteiger partial charge is 0.147 e. The topological polar surface area (TPSA) is 58.0 Å². The molecule has 1 rings (SSSR count). The van der Waals surface area contributed by atoms with E-state index < -0.39 is 11.1 Å². The van der Waals surface area contributed by atoms with Crippen LogP contribution in [0.15, 0.2) is 35.4 Å². The Morgan fingerprint density at radius 2 is 1.63 bits per heavy atom. The van der Waals surface area contributed by atoms with E-state index in [1.54, 1.807) is 0 Å². The Balaban J connectivity index is 3.63. The number of azide groups is 1. The van der Waals surface area contributed by atoms with Crippen molar-refractivity contribution in [2.24, 2.45) is 10.5 Å². The van der Waals surface area contributed by atoms with Crippen molar-refractivity contribution in [2.75, 3.05) is 0 Å². The second-order valence-electron chi connectivity index (χ2n) is 6.25.